The van der Waals surface area contributed by atoms with E-state index in [1.54, 1.807) is 12.1 Å². The molecule has 0 bridgehead atoms. The number of hydrogen-bond acceptors (Lipinski definition) is 3. The Bertz CT molecular complexity index is 375. The smallest absolute Gasteiger partial charge is 0.488 e. The zero-order valence-corrected chi connectivity index (χ0v) is 9.73. The van der Waals surface area contributed by atoms with E-state index in [2.05, 4.69) is 6.58 Å². The molecule has 86 valence electrons. The van der Waals surface area contributed by atoms with Crippen LogP contribution in [0.5, 0.6) is 5.75 Å². The van der Waals surface area contributed by atoms with Crippen LogP contribution in [0.25, 0.3) is 0 Å². The van der Waals surface area contributed by atoms with Gasteiger partial charge in [-0.2, -0.15) is 0 Å². The van der Waals surface area contributed by atoms with E-state index in [0.717, 1.165) is 17.5 Å². The molecule has 0 aliphatic carbocycles. The van der Waals surface area contributed by atoms with E-state index in [4.69, 9.17) is 4.74 Å². The van der Waals surface area contributed by atoms with Crippen molar-refractivity contribution in [3.63, 3.8) is 0 Å². The number of rotatable bonds is 5. The molecule has 0 radical (unpaired) electrons. The normalized spacial score (nSPS) is 10.0. The Morgan fingerprint density at radius 3 is 2.56 bits per heavy atom. The predicted molar refractivity (Wildman–Crippen MR) is 66.1 cm³/mol. The quantitative estimate of drug-likeness (QED) is 0.441. The molecule has 0 unspecified atom stereocenters. The summed E-state index contributed by atoms with van der Waals surface area (Å²) in [6.45, 7) is 7.94. The number of hydrogen-bond donors (Lipinski definition) is 2. The maximum atomic E-state index is 9.18. The molecule has 4 heteroatoms. The van der Waals surface area contributed by atoms with Gasteiger partial charge in [0.1, 0.15) is 5.75 Å². The molecule has 1 aromatic rings. The summed E-state index contributed by atoms with van der Waals surface area (Å²) in [6.07, 6.45) is 2.55. The monoisotopic (exact) mass is 220 g/mol. The van der Waals surface area contributed by atoms with Crippen LogP contribution in [0.1, 0.15) is 17.5 Å². The van der Waals surface area contributed by atoms with Gasteiger partial charge in [-0.05, 0) is 37.4 Å². The van der Waals surface area contributed by atoms with Crippen LogP contribution in [0, 0.1) is 13.8 Å². The Kier molecular flexibility index (Phi) is 4.59. The maximum Gasteiger partial charge on any atom is 0.488 e. The van der Waals surface area contributed by atoms with E-state index >= 15 is 0 Å². The zero-order chi connectivity index (χ0) is 12.1. The van der Waals surface area contributed by atoms with Crippen molar-refractivity contribution in [2.45, 2.75) is 20.3 Å². The molecule has 1 aromatic carbocycles. The number of aryl methyl sites for hydroxylation is 2. The van der Waals surface area contributed by atoms with Gasteiger partial charge in [-0.15, -0.1) is 6.58 Å². The molecule has 0 aromatic heterocycles. The maximum absolute atomic E-state index is 9.18. The van der Waals surface area contributed by atoms with Crippen LogP contribution in [0.2, 0.25) is 0 Å². The van der Waals surface area contributed by atoms with E-state index in [9.17, 15) is 10.0 Å². The number of benzene rings is 1. The van der Waals surface area contributed by atoms with Crippen molar-refractivity contribution in [2.75, 3.05) is 6.61 Å². The lowest BCUT2D eigenvalue weighted by atomic mass is 9.76. The van der Waals surface area contributed by atoms with Crippen molar-refractivity contribution >= 4 is 12.6 Å². The van der Waals surface area contributed by atoms with Crippen molar-refractivity contribution in [1.82, 2.24) is 0 Å². The Balaban J connectivity index is 2.91. The standard InChI is InChI=1S/C12H17BO3/c1-4-5-6-16-12-8-11(13(14)15)9(2)7-10(12)3/h4,7-8,14-15H,1,5-6H2,2-3H3. The van der Waals surface area contributed by atoms with Gasteiger partial charge in [0, 0.05) is 0 Å². The first-order valence-corrected chi connectivity index (χ1v) is 5.27. The van der Waals surface area contributed by atoms with Crippen molar-refractivity contribution in [3.05, 3.63) is 35.9 Å². The molecule has 0 saturated carbocycles. The second-order valence-corrected chi connectivity index (χ2v) is 3.77. The lowest BCUT2D eigenvalue weighted by Gasteiger charge is -2.12. The molecule has 0 amide bonds. The van der Waals surface area contributed by atoms with Crippen LogP contribution >= 0.6 is 0 Å². The van der Waals surface area contributed by atoms with Gasteiger partial charge < -0.3 is 14.8 Å². The highest BCUT2D eigenvalue weighted by molar-refractivity contribution is 6.59. The minimum atomic E-state index is -1.46. The van der Waals surface area contributed by atoms with E-state index in [-0.39, 0.29) is 0 Å². The summed E-state index contributed by atoms with van der Waals surface area (Å²) in [4.78, 5) is 0. The largest absolute Gasteiger partial charge is 0.493 e. The fourth-order valence-corrected chi connectivity index (χ4v) is 1.53. The molecule has 16 heavy (non-hydrogen) atoms. The van der Waals surface area contributed by atoms with Crippen LogP contribution in [-0.4, -0.2) is 23.8 Å². The fourth-order valence-electron chi connectivity index (χ4n) is 1.53. The molecule has 0 atom stereocenters. The summed E-state index contributed by atoms with van der Waals surface area (Å²) in [5.41, 5.74) is 2.33. The van der Waals surface area contributed by atoms with Gasteiger partial charge in [0.2, 0.25) is 0 Å². The third-order valence-electron chi connectivity index (χ3n) is 2.42. The molecule has 0 heterocycles. The van der Waals surface area contributed by atoms with Crippen LogP contribution in [-0.2, 0) is 0 Å². The molecule has 0 aliphatic heterocycles. The highest BCUT2D eigenvalue weighted by Gasteiger charge is 2.16. The zero-order valence-electron chi connectivity index (χ0n) is 9.73. The van der Waals surface area contributed by atoms with Crippen molar-refractivity contribution in [2.24, 2.45) is 0 Å². The summed E-state index contributed by atoms with van der Waals surface area (Å²) in [6, 6.07) is 3.57. The minimum Gasteiger partial charge on any atom is -0.493 e. The first kappa shape index (κ1) is 12.8. The van der Waals surface area contributed by atoms with Crippen molar-refractivity contribution in [3.8, 4) is 5.75 Å². The summed E-state index contributed by atoms with van der Waals surface area (Å²) in [7, 11) is -1.46. The summed E-state index contributed by atoms with van der Waals surface area (Å²) in [5, 5.41) is 18.4. The molecule has 3 nitrogen and oxygen atoms in total. The Hall–Kier alpha value is -1.26. The summed E-state index contributed by atoms with van der Waals surface area (Å²) >= 11 is 0. The second kappa shape index (κ2) is 5.73. The Morgan fingerprint density at radius 1 is 1.31 bits per heavy atom. The van der Waals surface area contributed by atoms with Crippen LogP contribution in [0.4, 0.5) is 0 Å². The van der Waals surface area contributed by atoms with Crippen molar-refractivity contribution in [1.29, 1.82) is 0 Å². The number of ether oxygens (including phenoxy) is 1. The second-order valence-electron chi connectivity index (χ2n) is 3.77. The molecular weight excluding hydrogens is 203 g/mol. The first-order chi connectivity index (χ1) is 7.56. The van der Waals surface area contributed by atoms with Gasteiger partial charge in [-0.3, -0.25) is 0 Å². The average molecular weight is 220 g/mol. The topological polar surface area (TPSA) is 49.7 Å². The van der Waals surface area contributed by atoms with E-state index < -0.39 is 7.12 Å². The fraction of sp³-hybridized carbons (Fsp3) is 0.333. The Labute approximate surface area is 96.5 Å². The Morgan fingerprint density at radius 2 is 2.00 bits per heavy atom. The summed E-state index contributed by atoms with van der Waals surface area (Å²) < 4.78 is 5.53. The van der Waals surface area contributed by atoms with Gasteiger partial charge in [0.15, 0.2) is 0 Å². The summed E-state index contributed by atoms with van der Waals surface area (Å²) in [5.74, 6) is 0.690. The third kappa shape index (κ3) is 3.12. The molecular formula is C12H17BO3. The molecule has 0 saturated heterocycles. The first-order valence-electron chi connectivity index (χ1n) is 5.27. The highest BCUT2D eigenvalue weighted by atomic mass is 16.5. The lowest BCUT2D eigenvalue weighted by Crippen LogP contribution is -2.32. The average Bonchev–Trinajstić information content (AvgIpc) is 2.21. The van der Waals surface area contributed by atoms with Crippen LogP contribution in [0.15, 0.2) is 24.8 Å². The van der Waals surface area contributed by atoms with E-state index in [1.807, 2.05) is 19.9 Å². The van der Waals surface area contributed by atoms with Gasteiger partial charge in [-0.1, -0.05) is 17.7 Å². The SMILES string of the molecule is C=CCCOc1cc(B(O)O)c(C)cc1C. The van der Waals surface area contributed by atoms with Gasteiger partial charge >= 0.3 is 7.12 Å². The highest BCUT2D eigenvalue weighted by Crippen LogP contribution is 2.18. The predicted octanol–water partition coefficient (Wildman–Crippen LogP) is 0.938. The van der Waals surface area contributed by atoms with E-state index in [1.165, 1.54) is 0 Å². The molecule has 0 aliphatic rings. The molecule has 1 rings (SSSR count). The molecule has 0 spiro atoms. The van der Waals surface area contributed by atoms with Crippen LogP contribution in [0.3, 0.4) is 0 Å². The van der Waals surface area contributed by atoms with Crippen molar-refractivity contribution < 1.29 is 14.8 Å². The van der Waals surface area contributed by atoms with Crippen LogP contribution < -0.4 is 10.2 Å². The molecule has 2 N–H and O–H groups in total. The minimum absolute atomic E-state index is 0.485. The van der Waals surface area contributed by atoms with E-state index in [0.29, 0.717) is 17.8 Å². The molecule has 0 fully saturated rings. The van der Waals surface area contributed by atoms with Gasteiger partial charge in [0.05, 0.1) is 6.61 Å². The third-order valence-corrected chi connectivity index (χ3v) is 2.42. The van der Waals surface area contributed by atoms with Gasteiger partial charge in [0.25, 0.3) is 0 Å². The lowest BCUT2D eigenvalue weighted by molar-refractivity contribution is 0.323. The van der Waals surface area contributed by atoms with Gasteiger partial charge in [-0.25, -0.2) is 0 Å².